The van der Waals surface area contributed by atoms with Gasteiger partial charge in [-0.2, -0.15) is 0 Å². The molecule has 6 nitrogen and oxygen atoms in total. The van der Waals surface area contributed by atoms with Crippen LogP contribution in [0.1, 0.15) is 15.9 Å². The molecule has 0 radical (unpaired) electrons. The van der Waals surface area contributed by atoms with Crippen LogP contribution >= 0.6 is 0 Å². The fourth-order valence-corrected chi connectivity index (χ4v) is 2.13. The van der Waals surface area contributed by atoms with E-state index in [1.807, 2.05) is 0 Å². The molecule has 1 aromatic carbocycles. The van der Waals surface area contributed by atoms with Gasteiger partial charge in [0.2, 0.25) is 10.0 Å². The maximum Gasteiger partial charge on any atom is 0.255 e. The van der Waals surface area contributed by atoms with Gasteiger partial charge in [0.05, 0.1) is 11.3 Å². The number of benzene rings is 1. The minimum Gasteiger partial charge on any atom is -0.507 e. The molecule has 0 bridgehead atoms. The fraction of sp³-hybridized carbons (Fsp3) is 0.417. The number of carbonyl (C=O) groups is 1. The van der Waals surface area contributed by atoms with Crippen molar-refractivity contribution in [3.05, 3.63) is 29.3 Å². The molecular weight excluding hydrogens is 268 g/mol. The number of sulfonamides is 1. The minimum atomic E-state index is -3.34. The lowest BCUT2D eigenvalue weighted by molar-refractivity contribution is 0.0953. The number of phenols is 1. The van der Waals surface area contributed by atoms with E-state index >= 15 is 0 Å². The molecule has 0 spiro atoms. The van der Waals surface area contributed by atoms with Crippen LogP contribution in [0.4, 0.5) is 0 Å². The Morgan fingerprint density at radius 3 is 2.53 bits per heavy atom. The van der Waals surface area contributed by atoms with Crippen molar-refractivity contribution in [2.24, 2.45) is 0 Å². The van der Waals surface area contributed by atoms with E-state index < -0.39 is 15.9 Å². The van der Waals surface area contributed by atoms with E-state index in [9.17, 15) is 18.3 Å². The number of amides is 1. The Balaban J connectivity index is 2.62. The highest BCUT2D eigenvalue weighted by Crippen LogP contribution is 2.17. The summed E-state index contributed by atoms with van der Waals surface area (Å²) in [6.07, 6.45) is 0. The summed E-state index contributed by atoms with van der Waals surface area (Å²) in [5.41, 5.74) is 0.970. The number of rotatable bonds is 5. The molecule has 1 aromatic rings. The maximum absolute atomic E-state index is 11.8. The van der Waals surface area contributed by atoms with Crippen LogP contribution in [-0.2, 0) is 10.0 Å². The summed E-state index contributed by atoms with van der Waals surface area (Å²) in [6.45, 7) is 1.79. The third kappa shape index (κ3) is 4.22. The summed E-state index contributed by atoms with van der Waals surface area (Å²) in [4.78, 5) is 11.8. The smallest absolute Gasteiger partial charge is 0.255 e. The predicted octanol–water partition coefficient (Wildman–Crippen LogP) is 0.322. The minimum absolute atomic E-state index is 0.00728. The second kappa shape index (κ2) is 6.03. The number of aryl methyl sites for hydroxylation is 1. The summed E-state index contributed by atoms with van der Waals surface area (Å²) in [5, 5.41) is 12.1. The fourth-order valence-electron chi connectivity index (χ4n) is 1.41. The van der Waals surface area contributed by atoms with Gasteiger partial charge in [-0.1, -0.05) is 6.07 Å². The van der Waals surface area contributed by atoms with Crippen LogP contribution in [-0.4, -0.2) is 50.1 Å². The Kier molecular flexibility index (Phi) is 4.90. The lowest BCUT2D eigenvalue weighted by atomic mass is 10.1. The highest BCUT2D eigenvalue weighted by Gasteiger charge is 2.15. The van der Waals surface area contributed by atoms with Crippen molar-refractivity contribution < 1.29 is 18.3 Å². The zero-order valence-electron chi connectivity index (χ0n) is 11.2. The first-order valence-corrected chi connectivity index (χ1v) is 7.33. The summed E-state index contributed by atoms with van der Waals surface area (Å²) < 4.78 is 24.1. The largest absolute Gasteiger partial charge is 0.507 e. The molecule has 19 heavy (non-hydrogen) atoms. The zero-order valence-corrected chi connectivity index (χ0v) is 12.0. The van der Waals surface area contributed by atoms with E-state index in [2.05, 4.69) is 5.32 Å². The van der Waals surface area contributed by atoms with E-state index in [0.29, 0.717) is 0 Å². The second-order valence-corrected chi connectivity index (χ2v) is 6.68. The Morgan fingerprint density at radius 1 is 1.37 bits per heavy atom. The van der Waals surface area contributed by atoms with Crippen molar-refractivity contribution in [3.8, 4) is 5.75 Å². The second-order valence-electron chi connectivity index (χ2n) is 4.37. The molecule has 7 heteroatoms. The molecule has 1 rings (SSSR count). The number of nitrogens with zero attached hydrogens (tertiary/aromatic N) is 1. The molecule has 0 atom stereocenters. The number of carbonyl (C=O) groups excluding carboxylic acids is 1. The topological polar surface area (TPSA) is 86.7 Å². The summed E-state index contributed by atoms with van der Waals surface area (Å²) in [5.74, 6) is -0.794. The predicted molar refractivity (Wildman–Crippen MR) is 72.7 cm³/mol. The molecule has 0 fully saturated rings. The summed E-state index contributed by atoms with van der Waals surface area (Å²) in [7, 11) is -0.470. The molecule has 0 unspecified atom stereocenters. The molecular formula is C12H18N2O4S. The van der Waals surface area contributed by atoms with Crippen LogP contribution in [0.2, 0.25) is 0 Å². The average Bonchev–Trinajstić information content (AvgIpc) is 2.28. The van der Waals surface area contributed by atoms with Crippen LogP contribution in [0.25, 0.3) is 0 Å². The summed E-state index contributed by atoms with van der Waals surface area (Å²) >= 11 is 0. The highest BCUT2D eigenvalue weighted by molar-refractivity contribution is 7.89. The van der Waals surface area contributed by atoms with Crippen molar-refractivity contribution >= 4 is 15.9 Å². The van der Waals surface area contributed by atoms with Crippen molar-refractivity contribution in [1.82, 2.24) is 9.62 Å². The Morgan fingerprint density at radius 2 is 2.00 bits per heavy atom. The Labute approximate surface area is 113 Å². The van der Waals surface area contributed by atoms with Crippen molar-refractivity contribution in [2.45, 2.75) is 6.92 Å². The van der Waals surface area contributed by atoms with Gasteiger partial charge in [-0.25, -0.2) is 12.7 Å². The van der Waals surface area contributed by atoms with Gasteiger partial charge in [0.15, 0.2) is 0 Å². The number of aromatic hydroxyl groups is 1. The van der Waals surface area contributed by atoms with Gasteiger partial charge in [0.1, 0.15) is 5.75 Å². The van der Waals surface area contributed by atoms with Crippen molar-refractivity contribution in [1.29, 1.82) is 0 Å². The average molecular weight is 286 g/mol. The van der Waals surface area contributed by atoms with Gasteiger partial charge in [-0.15, -0.1) is 0 Å². The quantitative estimate of drug-likeness (QED) is 0.816. The standard InChI is InChI=1S/C12H18N2O4S/c1-9-4-5-10(11(15)8-9)12(16)13-6-7-19(17,18)14(2)3/h4-5,8,15H,6-7H2,1-3H3,(H,13,16). The number of hydrogen-bond acceptors (Lipinski definition) is 4. The van der Waals surface area contributed by atoms with Gasteiger partial charge in [0.25, 0.3) is 5.91 Å². The first kappa shape index (κ1) is 15.5. The lowest BCUT2D eigenvalue weighted by Gasteiger charge is -2.12. The number of hydrogen-bond donors (Lipinski definition) is 2. The van der Waals surface area contributed by atoms with Crippen LogP contribution < -0.4 is 5.32 Å². The molecule has 0 aliphatic carbocycles. The Hall–Kier alpha value is -1.60. The van der Waals surface area contributed by atoms with E-state index in [4.69, 9.17) is 0 Å². The molecule has 0 aromatic heterocycles. The van der Waals surface area contributed by atoms with Gasteiger partial charge >= 0.3 is 0 Å². The molecule has 0 heterocycles. The van der Waals surface area contributed by atoms with E-state index in [1.165, 1.54) is 26.2 Å². The van der Waals surface area contributed by atoms with E-state index in [1.54, 1.807) is 13.0 Å². The van der Waals surface area contributed by atoms with Gasteiger partial charge in [-0.3, -0.25) is 4.79 Å². The number of nitrogens with one attached hydrogen (secondary N) is 1. The number of phenolic OH excluding ortho intramolecular Hbond substituents is 1. The monoisotopic (exact) mass is 286 g/mol. The molecule has 0 aliphatic heterocycles. The van der Waals surface area contributed by atoms with Gasteiger partial charge in [0, 0.05) is 20.6 Å². The molecule has 1 amide bonds. The molecule has 2 N–H and O–H groups in total. The first-order chi connectivity index (χ1) is 8.74. The molecule has 0 aliphatic rings. The van der Waals surface area contributed by atoms with Gasteiger partial charge in [-0.05, 0) is 24.6 Å². The first-order valence-electron chi connectivity index (χ1n) is 5.72. The van der Waals surface area contributed by atoms with Gasteiger partial charge < -0.3 is 10.4 Å². The van der Waals surface area contributed by atoms with Crippen LogP contribution in [0.15, 0.2) is 18.2 Å². The van der Waals surface area contributed by atoms with E-state index in [0.717, 1.165) is 9.87 Å². The van der Waals surface area contributed by atoms with Crippen LogP contribution in [0, 0.1) is 6.92 Å². The normalized spacial score (nSPS) is 11.6. The third-order valence-electron chi connectivity index (χ3n) is 2.60. The SMILES string of the molecule is Cc1ccc(C(=O)NCCS(=O)(=O)N(C)C)c(O)c1. The summed E-state index contributed by atoms with van der Waals surface area (Å²) in [6, 6.07) is 4.68. The molecule has 0 saturated carbocycles. The van der Waals surface area contributed by atoms with Crippen LogP contribution in [0.5, 0.6) is 5.75 Å². The zero-order chi connectivity index (χ0) is 14.6. The highest BCUT2D eigenvalue weighted by atomic mass is 32.2. The Bertz CT molecular complexity index is 567. The molecule has 106 valence electrons. The lowest BCUT2D eigenvalue weighted by Crippen LogP contribution is -2.33. The van der Waals surface area contributed by atoms with Crippen molar-refractivity contribution in [2.75, 3.05) is 26.4 Å². The maximum atomic E-state index is 11.8. The van der Waals surface area contributed by atoms with E-state index in [-0.39, 0.29) is 23.6 Å². The van der Waals surface area contributed by atoms with Crippen molar-refractivity contribution in [3.63, 3.8) is 0 Å². The third-order valence-corrected chi connectivity index (χ3v) is 4.43. The van der Waals surface area contributed by atoms with Crippen LogP contribution in [0.3, 0.4) is 0 Å². The molecule has 0 saturated heterocycles.